The van der Waals surface area contributed by atoms with Crippen molar-refractivity contribution in [3.05, 3.63) is 35.5 Å². The highest BCUT2D eigenvalue weighted by Crippen LogP contribution is 2.29. The highest BCUT2D eigenvalue weighted by Gasteiger charge is 2.23. The topological polar surface area (TPSA) is 37.8 Å². The smallest absolute Gasteiger partial charge is 0.142 e. The lowest BCUT2D eigenvalue weighted by atomic mass is 9.80. The van der Waals surface area contributed by atoms with Crippen molar-refractivity contribution in [3.63, 3.8) is 0 Å². The van der Waals surface area contributed by atoms with Crippen molar-refractivity contribution >= 4 is 11.3 Å². The van der Waals surface area contributed by atoms with Gasteiger partial charge >= 0.3 is 0 Å². The van der Waals surface area contributed by atoms with E-state index in [4.69, 9.17) is 4.98 Å². The summed E-state index contributed by atoms with van der Waals surface area (Å²) in [5, 5.41) is 6.84. The predicted molar refractivity (Wildman–Crippen MR) is 88.2 cm³/mol. The molecule has 2 heterocycles. The number of pyridine rings is 1. The van der Waals surface area contributed by atoms with Gasteiger partial charge < -0.3 is 5.32 Å². The molecule has 0 aliphatic heterocycles. The van der Waals surface area contributed by atoms with Crippen LogP contribution in [0.25, 0.3) is 10.7 Å². The quantitative estimate of drug-likeness (QED) is 0.923. The van der Waals surface area contributed by atoms with Crippen molar-refractivity contribution in [1.82, 2.24) is 15.3 Å². The Balaban J connectivity index is 1.58. The number of nitrogens with one attached hydrogen (secondary N) is 1. The molecule has 4 heteroatoms. The lowest BCUT2D eigenvalue weighted by Crippen LogP contribution is -2.35. The van der Waals surface area contributed by atoms with Crippen LogP contribution in [0.2, 0.25) is 0 Å². The van der Waals surface area contributed by atoms with Crippen LogP contribution in [0.4, 0.5) is 0 Å². The molecule has 2 atom stereocenters. The summed E-state index contributed by atoms with van der Waals surface area (Å²) in [6.45, 7) is 5.60. The fourth-order valence-corrected chi connectivity index (χ4v) is 4.15. The van der Waals surface area contributed by atoms with E-state index in [-0.39, 0.29) is 0 Å². The van der Waals surface area contributed by atoms with Crippen LogP contribution >= 0.6 is 11.3 Å². The minimum atomic E-state index is 0.642. The third-order valence-corrected chi connectivity index (χ3v) is 5.10. The summed E-state index contributed by atoms with van der Waals surface area (Å²) in [6.07, 6.45) is 5.78. The summed E-state index contributed by atoms with van der Waals surface area (Å²) in [5.74, 6) is 1.68. The molecular formula is C17H23N3S. The average molecular weight is 301 g/mol. The zero-order valence-electron chi connectivity index (χ0n) is 12.7. The molecule has 1 aliphatic rings. The van der Waals surface area contributed by atoms with Gasteiger partial charge in [0.1, 0.15) is 5.01 Å². The summed E-state index contributed by atoms with van der Waals surface area (Å²) >= 11 is 1.68. The first kappa shape index (κ1) is 14.7. The Bertz CT molecular complexity index is 556. The van der Waals surface area contributed by atoms with Crippen molar-refractivity contribution in [2.45, 2.75) is 45.7 Å². The summed E-state index contributed by atoms with van der Waals surface area (Å²) in [5.41, 5.74) is 2.10. The highest BCUT2D eigenvalue weighted by molar-refractivity contribution is 7.13. The van der Waals surface area contributed by atoms with E-state index in [2.05, 4.69) is 29.5 Å². The Kier molecular flexibility index (Phi) is 4.66. The molecule has 3 nitrogen and oxygen atoms in total. The molecule has 0 radical (unpaired) electrons. The summed E-state index contributed by atoms with van der Waals surface area (Å²) < 4.78 is 0. The molecule has 0 aromatic carbocycles. The largest absolute Gasteiger partial charge is 0.308 e. The number of thiazole rings is 1. The first-order valence-corrected chi connectivity index (χ1v) is 8.68. The molecule has 2 aromatic rings. The zero-order chi connectivity index (χ0) is 14.7. The number of aromatic nitrogens is 2. The van der Waals surface area contributed by atoms with Gasteiger partial charge in [0.15, 0.2) is 0 Å². The van der Waals surface area contributed by atoms with Crippen LogP contribution < -0.4 is 5.32 Å². The summed E-state index contributed by atoms with van der Waals surface area (Å²) in [4.78, 5) is 9.06. The van der Waals surface area contributed by atoms with Crippen LogP contribution in [-0.2, 0) is 6.54 Å². The van der Waals surface area contributed by atoms with Crippen LogP contribution in [0, 0.1) is 11.8 Å². The van der Waals surface area contributed by atoms with E-state index in [0.717, 1.165) is 34.8 Å². The second-order valence-electron chi connectivity index (χ2n) is 6.35. The van der Waals surface area contributed by atoms with Crippen LogP contribution in [-0.4, -0.2) is 16.0 Å². The molecule has 2 unspecified atom stereocenters. The normalized spacial score (nSPS) is 25.9. The predicted octanol–water partition coefficient (Wildman–Crippen LogP) is 4.12. The van der Waals surface area contributed by atoms with Gasteiger partial charge in [-0.05, 0) is 43.2 Å². The lowest BCUT2D eigenvalue weighted by molar-refractivity contribution is 0.238. The van der Waals surface area contributed by atoms with Gasteiger partial charge in [-0.2, -0.15) is 0 Å². The minimum absolute atomic E-state index is 0.642. The maximum atomic E-state index is 4.70. The lowest BCUT2D eigenvalue weighted by Gasteiger charge is -2.31. The van der Waals surface area contributed by atoms with Crippen molar-refractivity contribution in [3.8, 4) is 10.7 Å². The fourth-order valence-electron chi connectivity index (χ4n) is 3.36. The first-order chi connectivity index (χ1) is 10.2. The second-order valence-corrected chi connectivity index (χ2v) is 7.21. The van der Waals surface area contributed by atoms with E-state index in [0.29, 0.717) is 6.04 Å². The van der Waals surface area contributed by atoms with Crippen LogP contribution in [0.1, 0.15) is 38.8 Å². The Labute approximate surface area is 130 Å². The maximum absolute atomic E-state index is 4.70. The fraction of sp³-hybridized carbons (Fsp3) is 0.529. The molecule has 3 rings (SSSR count). The van der Waals surface area contributed by atoms with Crippen molar-refractivity contribution in [2.24, 2.45) is 11.8 Å². The van der Waals surface area contributed by atoms with Gasteiger partial charge in [-0.1, -0.05) is 19.9 Å². The molecule has 1 fully saturated rings. The molecule has 0 saturated heterocycles. The molecule has 2 aromatic heterocycles. The van der Waals surface area contributed by atoms with Gasteiger partial charge in [0.25, 0.3) is 0 Å². The molecular weight excluding hydrogens is 278 g/mol. The third-order valence-electron chi connectivity index (χ3n) is 4.19. The van der Waals surface area contributed by atoms with Crippen LogP contribution in [0.15, 0.2) is 29.8 Å². The Morgan fingerprint density at radius 3 is 2.71 bits per heavy atom. The van der Waals surface area contributed by atoms with E-state index in [1.54, 1.807) is 11.3 Å². The molecule has 0 bridgehead atoms. The third kappa shape index (κ3) is 3.89. The summed E-state index contributed by atoms with van der Waals surface area (Å²) in [7, 11) is 0. The second kappa shape index (κ2) is 6.67. The molecule has 1 aliphatic carbocycles. The molecule has 21 heavy (non-hydrogen) atoms. The van der Waals surface area contributed by atoms with Crippen molar-refractivity contribution in [2.75, 3.05) is 0 Å². The SMILES string of the molecule is CC1CC(C)CC(NCc2csc(-c3ccccn3)n2)C1. The number of rotatable bonds is 4. The minimum Gasteiger partial charge on any atom is -0.308 e. The maximum Gasteiger partial charge on any atom is 0.142 e. The Morgan fingerprint density at radius 1 is 1.19 bits per heavy atom. The Morgan fingerprint density at radius 2 is 2.00 bits per heavy atom. The van der Waals surface area contributed by atoms with E-state index in [1.165, 1.54) is 19.3 Å². The van der Waals surface area contributed by atoms with Crippen LogP contribution in [0.5, 0.6) is 0 Å². The van der Waals surface area contributed by atoms with E-state index < -0.39 is 0 Å². The number of hydrogen-bond acceptors (Lipinski definition) is 4. The zero-order valence-corrected chi connectivity index (χ0v) is 13.6. The molecule has 0 amide bonds. The summed E-state index contributed by atoms with van der Waals surface area (Å²) in [6, 6.07) is 6.60. The van der Waals surface area contributed by atoms with Gasteiger partial charge in [0.05, 0.1) is 11.4 Å². The van der Waals surface area contributed by atoms with Gasteiger partial charge in [-0.25, -0.2) is 4.98 Å². The van der Waals surface area contributed by atoms with E-state index >= 15 is 0 Å². The van der Waals surface area contributed by atoms with Crippen molar-refractivity contribution < 1.29 is 0 Å². The standard InChI is InChI=1S/C17H23N3S/c1-12-7-13(2)9-14(8-12)19-10-15-11-21-17(20-15)16-5-3-4-6-18-16/h3-6,11-14,19H,7-10H2,1-2H3. The van der Waals surface area contributed by atoms with E-state index in [9.17, 15) is 0 Å². The molecule has 1 saturated carbocycles. The number of nitrogens with zero attached hydrogens (tertiary/aromatic N) is 2. The van der Waals surface area contributed by atoms with Gasteiger partial charge in [0, 0.05) is 24.2 Å². The first-order valence-electron chi connectivity index (χ1n) is 7.80. The van der Waals surface area contributed by atoms with Gasteiger partial charge in [-0.15, -0.1) is 11.3 Å². The number of hydrogen-bond donors (Lipinski definition) is 1. The molecule has 1 N–H and O–H groups in total. The highest BCUT2D eigenvalue weighted by atomic mass is 32.1. The van der Waals surface area contributed by atoms with Crippen molar-refractivity contribution in [1.29, 1.82) is 0 Å². The van der Waals surface area contributed by atoms with Gasteiger partial charge in [-0.3, -0.25) is 4.98 Å². The van der Waals surface area contributed by atoms with Crippen LogP contribution in [0.3, 0.4) is 0 Å². The molecule has 0 spiro atoms. The Hall–Kier alpha value is -1.26. The molecule has 112 valence electrons. The average Bonchev–Trinajstić information content (AvgIpc) is 2.94. The monoisotopic (exact) mass is 301 g/mol. The van der Waals surface area contributed by atoms with Gasteiger partial charge in [0.2, 0.25) is 0 Å². The van der Waals surface area contributed by atoms with E-state index in [1.807, 2.05) is 24.4 Å².